The second-order valence-corrected chi connectivity index (χ2v) is 8.38. The van der Waals surface area contributed by atoms with Crippen LogP contribution in [0.4, 0.5) is 0 Å². The smallest absolute Gasteiger partial charge is 0.269 e. The van der Waals surface area contributed by atoms with Crippen molar-refractivity contribution in [3.8, 4) is 0 Å². The standard InChI is InChI=1S/C14H23ClN4O2S/c1-17-14(12(15)11-16-17)13-7-3-2-4-10-19(13)22(20,21)18-8-5-6-9-18/h11,13H,2-10H2,1H3. The third-order valence-electron chi connectivity index (χ3n) is 4.64. The second kappa shape index (κ2) is 6.47. The summed E-state index contributed by atoms with van der Waals surface area (Å²) in [7, 11) is -1.60. The van der Waals surface area contributed by atoms with Crippen LogP contribution in [0.2, 0.25) is 5.02 Å². The lowest BCUT2D eigenvalue weighted by atomic mass is 10.1. The average molecular weight is 347 g/mol. The molecule has 1 aromatic rings. The lowest BCUT2D eigenvalue weighted by molar-refractivity contribution is 0.289. The van der Waals surface area contributed by atoms with E-state index in [9.17, 15) is 8.42 Å². The Morgan fingerprint density at radius 3 is 2.45 bits per heavy atom. The predicted octanol–water partition coefficient (Wildman–Crippen LogP) is 2.33. The Bertz CT molecular complexity index is 605. The first-order valence-electron chi connectivity index (χ1n) is 7.96. The number of hydrogen-bond acceptors (Lipinski definition) is 3. The van der Waals surface area contributed by atoms with Gasteiger partial charge in [0.1, 0.15) is 0 Å². The first-order valence-corrected chi connectivity index (χ1v) is 9.73. The quantitative estimate of drug-likeness (QED) is 0.844. The van der Waals surface area contributed by atoms with Crippen molar-refractivity contribution in [2.75, 3.05) is 19.6 Å². The Kier molecular flexibility index (Phi) is 4.77. The van der Waals surface area contributed by atoms with Gasteiger partial charge in [0.2, 0.25) is 0 Å². The summed E-state index contributed by atoms with van der Waals surface area (Å²) in [5, 5.41) is 4.74. The Labute approximate surface area is 137 Å². The molecule has 0 amide bonds. The van der Waals surface area contributed by atoms with Crippen molar-refractivity contribution in [2.45, 2.75) is 44.6 Å². The van der Waals surface area contributed by atoms with E-state index in [4.69, 9.17) is 11.6 Å². The topological polar surface area (TPSA) is 58.4 Å². The second-order valence-electron chi connectivity index (χ2n) is 6.09. The van der Waals surface area contributed by atoms with Crippen LogP contribution < -0.4 is 0 Å². The van der Waals surface area contributed by atoms with E-state index in [1.807, 2.05) is 7.05 Å². The Morgan fingerprint density at radius 1 is 1.14 bits per heavy atom. The van der Waals surface area contributed by atoms with Crippen LogP contribution in [0.5, 0.6) is 0 Å². The van der Waals surface area contributed by atoms with E-state index in [0.717, 1.165) is 44.2 Å². The van der Waals surface area contributed by atoms with Gasteiger partial charge in [-0.15, -0.1) is 0 Å². The van der Waals surface area contributed by atoms with Crippen molar-refractivity contribution in [3.63, 3.8) is 0 Å². The number of aromatic nitrogens is 2. The van der Waals surface area contributed by atoms with Gasteiger partial charge in [-0.3, -0.25) is 4.68 Å². The third kappa shape index (κ3) is 2.91. The number of halogens is 1. The molecule has 0 aliphatic carbocycles. The molecule has 2 aliphatic heterocycles. The third-order valence-corrected chi connectivity index (χ3v) is 6.98. The van der Waals surface area contributed by atoms with Crippen LogP contribution in [0.3, 0.4) is 0 Å². The molecule has 8 heteroatoms. The lowest BCUT2D eigenvalue weighted by Gasteiger charge is -2.32. The molecule has 2 aliphatic rings. The molecule has 0 N–H and O–H groups in total. The monoisotopic (exact) mass is 346 g/mol. The molecule has 0 bridgehead atoms. The minimum Gasteiger partial charge on any atom is -0.269 e. The van der Waals surface area contributed by atoms with Crippen molar-refractivity contribution in [3.05, 3.63) is 16.9 Å². The molecule has 22 heavy (non-hydrogen) atoms. The zero-order valence-corrected chi connectivity index (χ0v) is 14.5. The fourth-order valence-electron chi connectivity index (χ4n) is 3.49. The van der Waals surface area contributed by atoms with Gasteiger partial charge in [0.05, 0.1) is 23.0 Å². The molecule has 2 saturated heterocycles. The van der Waals surface area contributed by atoms with Crippen molar-refractivity contribution >= 4 is 21.8 Å². The number of hydrogen-bond donors (Lipinski definition) is 0. The summed E-state index contributed by atoms with van der Waals surface area (Å²) in [5.74, 6) is 0. The summed E-state index contributed by atoms with van der Waals surface area (Å²) >= 11 is 6.29. The van der Waals surface area contributed by atoms with Gasteiger partial charge in [0.25, 0.3) is 10.2 Å². The number of rotatable bonds is 3. The molecule has 1 aromatic heterocycles. The molecule has 1 unspecified atom stereocenters. The van der Waals surface area contributed by atoms with Crippen molar-refractivity contribution in [1.82, 2.24) is 18.4 Å². The van der Waals surface area contributed by atoms with Crippen LogP contribution >= 0.6 is 11.6 Å². The van der Waals surface area contributed by atoms with Crippen molar-refractivity contribution in [1.29, 1.82) is 0 Å². The minimum absolute atomic E-state index is 0.215. The zero-order chi connectivity index (χ0) is 15.7. The SMILES string of the molecule is Cn1ncc(Cl)c1C1CCCCCN1S(=O)(=O)N1CCCC1. The van der Waals surface area contributed by atoms with E-state index in [2.05, 4.69) is 5.10 Å². The maximum atomic E-state index is 13.0. The highest BCUT2D eigenvalue weighted by Gasteiger charge is 2.39. The highest BCUT2D eigenvalue weighted by atomic mass is 35.5. The number of nitrogens with zero attached hydrogens (tertiary/aromatic N) is 4. The summed E-state index contributed by atoms with van der Waals surface area (Å²) in [6, 6.07) is -0.215. The molecule has 2 fully saturated rings. The molecule has 1 atom stereocenters. The van der Waals surface area contributed by atoms with Crippen LogP contribution in [0.1, 0.15) is 50.3 Å². The maximum absolute atomic E-state index is 13.0. The molecule has 0 aromatic carbocycles. The highest BCUT2D eigenvalue weighted by Crippen LogP contribution is 2.36. The molecular weight excluding hydrogens is 324 g/mol. The van der Waals surface area contributed by atoms with Gasteiger partial charge in [-0.2, -0.15) is 22.1 Å². The van der Waals surface area contributed by atoms with Crippen LogP contribution in [0.15, 0.2) is 6.20 Å². The van der Waals surface area contributed by atoms with E-state index >= 15 is 0 Å². The predicted molar refractivity (Wildman–Crippen MR) is 85.9 cm³/mol. The first kappa shape index (κ1) is 16.2. The van der Waals surface area contributed by atoms with Crippen LogP contribution in [0.25, 0.3) is 0 Å². The van der Waals surface area contributed by atoms with Gasteiger partial charge >= 0.3 is 0 Å². The van der Waals surface area contributed by atoms with E-state index in [-0.39, 0.29) is 6.04 Å². The van der Waals surface area contributed by atoms with Gasteiger partial charge in [0, 0.05) is 26.7 Å². The first-order chi connectivity index (χ1) is 10.5. The molecule has 3 heterocycles. The number of aryl methyl sites for hydroxylation is 1. The normalized spacial score (nSPS) is 25.5. The fourth-order valence-corrected chi connectivity index (χ4v) is 5.69. The van der Waals surface area contributed by atoms with E-state index in [1.54, 1.807) is 19.5 Å². The molecule has 3 rings (SSSR count). The van der Waals surface area contributed by atoms with Crippen LogP contribution in [0, 0.1) is 0 Å². The molecule has 6 nitrogen and oxygen atoms in total. The van der Waals surface area contributed by atoms with Gasteiger partial charge in [0.15, 0.2) is 0 Å². The average Bonchev–Trinajstić information content (AvgIpc) is 3.05. The molecular formula is C14H23ClN4O2S. The van der Waals surface area contributed by atoms with Crippen molar-refractivity contribution < 1.29 is 8.42 Å². The summed E-state index contributed by atoms with van der Waals surface area (Å²) in [5.41, 5.74) is 0.811. The van der Waals surface area contributed by atoms with Gasteiger partial charge < -0.3 is 0 Å². The summed E-state index contributed by atoms with van der Waals surface area (Å²) in [4.78, 5) is 0. The summed E-state index contributed by atoms with van der Waals surface area (Å²) in [6.45, 7) is 1.82. The Morgan fingerprint density at radius 2 is 1.82 bits per heavy atom. The van der Waals surface area contributed by atoms with Gasteiger partial charge in [-0.1, -0.05) is 24.4 Å². The van der Waals surface area contributed by atoms with Gasteiger partial charge in [-0.25, -0.2) is 0 Å². The largest absolute Gasteiger partial charge is 0.282 e. The van der Waals surface area contributed by atoms with E-state index < -0.39 is 10.2 Å². The maximum Gasteiger partial charge on any atom is 0.282 e. The molecule has 0 saturated carbocycles. The van der Waals surface area contributed by atoms with Crippen LogP contribution in [-0.4, -0.2) is 46.4 Å². The summed E-state index contributed by atoms with van der Waals surface area (Å²) < 4.78 is 31.1. The molecule has 0 spiro atoms. The minimum atomic E-state index is -3.43. The van der Waals surface area contributed by atoms with Gasteiger partial charge in [-0.05, 0) is 25.7 Å². The molecule has 124 valence electrons. The summed E-state index contributed by atoms with van der Waals surface area (Å²) in [6.07, 6.45) is 7.26. The lowest BCUT2D eigenvalue weighted by Crippen LogP contribution is -2.44. The zero-order valence-electron chi connectivity index (χ0n) is 12.9. The molecule has 0 radical (unpaired) electrons. The van der Waals surface area contributed by atoms with E-state index in [1.165, 1.54) is 0 Å². The van der Waals surface area contributed by atoms with E-state index in [0.29, 0.717) is 24.7 Å². The Balaban J connectivity index is 1.98. The Hall–Kier alpha value is -0.630. The van der Waals surface area contributed by atoms with Crippen LogP contribution in [-0.2, 0) is 17.3 Å². The van der Waals surface area contributed by atoms with Crippen molar-refractivity contribution in [2.24, 2.45) is 7.05 Å². The fraction of sp³-hybridized carbons (Fsp3) is 0.786. The highest BCUT2D eigenvalue weighted by molar-refractivity contribution is 7.86.